The highest BCUT2D eigenvalue weighted by molar-refractivity contribution is 7.97. The highest BCUT2D eigenvalue weighted by Crippen LogP contribution is 2.54. The fraction of sp³-hybridized carbons (Fsp3) is 0.538. The van der Waals surface area contributed by atoms with Crippen molar-refractivity contribution in [2.24, 2.45) is 5.41 Å². The second-order valence-electron chi connectivity index (χ2n) is 10.8. The predicted octanol–water partition coefficient (Wildman–Crippen LogP) is 4.33. The zero-order valence-corrected chi connectivity index (χ0v) is 21.0. The summed E-state index contributed by atoms with van der Waals surface area (Å²) in [4.78, 5) is 21.3. The second-order valence-corrected chi connectivity index (χ2v) is 11.7. The van der Waals surface area contributed by atoms with Crippen LogP contribution in [0.15, 0.2) is 41.3 Å². The van der Waals surface area contributed by atoms with Crippen LogP contribution in [0.3, 0.4) is 0 Å². The van der Waals surface area contributed by atoms with E-state index >= 15 is 0 Å². The number of piperidine rings is 1. The third-order valence-electron chi connectivity index (χ3n) is 7.21. The summed E-state index contributed by atoms with van der Waals surface area (Å²) in [6, 6.07) is 11.3. The summed E-state index contributed by atoms with van der Waals surface area (Å²) in [6.45, 7) is 8.88. The van der Waals surface area contributed by atoms with Crippen LogP contribution in [0, 0.1) is 5.41 Å². The topological polar surface area (TPSA) is 86.7 Å². The molecule has 8 heteroatoms. The van der Waals surface area contributed by atoms with Crippen LogP contribution in [0.4, 0.5) is 11.5 Å². The predicted molar refractivity (Wildman–Crippen MR) is 135 cm³/mol. The molecule has 0 radical (unpaired) electrons. The molecule has 2 aliphatic heterocycles. The van der Waals surface area contributed by atoms with Gasteiger partial charge in [-0.2, -0.15) is 0 Å². The summed E-state index contributed by atoms with van der Waals surface area (Å²) in [7, 11) is 0. The molecule has 0 unspecified atom stereocenters. The molecule has 3 aliphatic rings. The first kappa shape index (κ1) is 23.6. The first-order valence-corrected chi connectivity index (χ1v) is 12.9. The number of pyridine rings is 1. The van der Waals surface area contributed by atoms with Gasteiger partial charge in [-0.15, -0.1) is 0 Å². The van der Waals surface area contributed by atoms with Gasteiger partial charge in [-0.3, -0.25) is 4.79 Å². The number of hydrogen-bond acceptors (Lipinski definition) is 7. The molecule has 34 heavy (non-hydrogen) atoms. The number of anilines is 2. The number of aromatic nitrogens is 1. The van der Waals surface area contributed by atoms with Gasteiger partial charge in [0.25, 0.3) is 5.91 Å². The Kier molecular flexibility index (Phi) is 6.13. The van der Waals surface area contributed by atoms with E-state index in [0.29, 0.717) is 35.7 Å². The molecule has 182 valence electrons. The van der Waals surface area contributed by atoms with Gasteiger partial charge in [0.05, 0.1) is 35.7 Å². The molecule has 0 bridgehead atoms. The Bertz CT molecular complexity index is 1070. The van der Waals surface area contributed by atoms with E-state index in [1.807, 2.05) is 12.1 Å². The van der Waals surface area contributed by atoms with Crippen LogP contribution in [0.1, 0.15) is 62.5 Å². The van der Waals surface area contributed by atoms with Gasteiger partial charge in [-0.05, 0) is 94.1 Å². The van der Waals surface area contributed by atoms with E-state index < -0.39 is 5.60 Å². The van der Waals surface area contributed by atoms with Crippen molar-refractivity contribution in [2.45, 2.75) is 62.5 Å². The molecule has 5 rings (SSSR count). The molecule has 1 aromatic carbocycles. The van der Waals surface area contributed by atoms with E-state index in [4.69, 9.17) is 4.74 Å². The second kappa shape index (κ2) is 8.82. The molecule has 1 amide bonds. The molecule has 3 N–H and O–H groups in total. The summed E-state index contributed by atoms with van der Waals surface area (Å²) in [6.07, 6.45) is 5.07. The number of carbonyl (C=O) groups excluding carboxylic acids is 1. The number of hydrogen-bond donors (Lipinski definition) is 3. The molecule has 1 aromatic heterocycles. The van der Waals surface area contributed by atoms with E-state index in [2.05, 4.69) is 32.9 Å². The molecule has 1 aliphatic carbocycles. The van der Waals surface area contributed by atoms with Crippen molar-refractivity contribution in [3.63, 3.8) is 0 Å². The van der Waals surface area contributed by atoms with Crippen molar-refractivity contribution in [1.82, 2.24) is 9.71 Å². The quantitative estimate of drug-likeness (QED) is 0.507. The molecule has 1 spiro atoms. The van der Waals surface area contributed by atoms with Gasteiger partial charge in [0.2, 0.25) is 0 Å². The zero-order valence-electron chi connectivity index (χ0n) is 20.2. The first-order chi connectivity index (χ1) is 16.1. The number of amides is 1. The summed E-state index contributed by atoms with van der Waals surface area (Å²) in [5.41, 5.74) is 1.60. The van der Waals surface area contributed by atoms with Gasteiger partial charge < -0.3 is 20.1 Å². The monoisotopic (exact) mass is 482 g/mol. The van der Waals surface area contributed by atoms with Crippen LogP contribution in [-0.4, -0.2) is 47.8 Å². The van der Waals surface area contributed by atoms with Crippen molar-refractivity contribution in [2.75, 3.05) is 36.5 Å². The first-order valence-electron chi connectivity index (χ1n) is 12.1. The maximum absolute atomic E-state index is 13.4. The van der Waals surface area contributed by atoms with Gasteiger partial charge in [-0.25, -0.2) is 9.71 Å². The molecule has 7 nitrogen and oxygen atoms in total. The normalized spacial score (nSPS) is 20.6. The van der Waals surface area contributed by atoms with Gasteiger partial charge in [0.1, 0.15) is 11.4 Å². The van der Waals surface area contributed by atoms with Gasteiger partial charge in [0.15, 0.2) is 0 Å². The Labute approximate surface area is 205 Å². The third kappa shape index (κ3) is 5.10. The molecule has 3 fully saturated rings. The number of nitrogens with one attached hydrogen (secondary N) is 2. The Morgan fingerprint density at radius 2 is 1.88 bits per heavy atom. The Hall–Kier alpha value is -2.13. The van der Waals surface area contributed by atoms with Crippen molar-refractivity contribution in [3.05, 3.63) is 47.7 Å². The average Bonchev–Trinajstić information content (AvgIpc) is 3.55. The van der Waals surface area contributed by atoms with Gasteiger partial charge in [-0.1, -0.05) is 6.07 Å². The van der Waals surface area contributed by atoms with Crippen LogP contribution in [0.25, 0.3) is 0 Å². The molecular formula is C26H34N4O3S. The van der Waals surface area contributed by atoms with Crippen molar-refractivity contribution >= 4 is 29.4 Å². The average molecular weight is 483 g/mol. The van der Waals surface area contributed by atoms with Crippen LogP contribution in [0.5, 0.6) is 0 Å². The standard InChI is InChI=1S/C26H34N4O3S/c1-24(2,32)21-5-4-6-22(27-21)28-23(31)19-8-7-18(34-29-25(3)16-33-17-25)15-20(19)30-13-11-26(9-10-26)12-14-30/h4-8,15,29,32H,9-14,16-17H2,1-3H3,(H,27,28,31). The Morgan fingerprint density at radius 3 is 2.50 bits per heavy atom. The van der Waals surface area contributed by atoms with Crippen LogP contribution >= 0.6 is 11.9 Å². The lowest BCUT2D eigenvalue weighted by molar-refractivity contribution is -0.0510. The van der Waals surface area contributed by atoms with E-state index in [1.54, 1.807) is 44.0 Å². The maximum Gasteiger partial charge on any atom is 0.258 e. The van der Waals surface area contributed by atoms with Crippen molar-refractivity contribution in [1.29, 1.82) is 0 Å². The molecule has 3 heterocycles. The Balaban J connectivity index is 1.37. The van der Waals surface area contributed by atoms with Gasteiger partial charge >= 0.3 is 0 Å². The summed E-state index contributed by atoms with van der Waals surface area (Å²) < 4.78 is 8.86. The number of aliphatic hydroxyl groups is 1. The van der Waals surface area contributed by atoms with Crippen LogP contribution in [-0.2, 0) is 10.3 Å². The number of nitrogens with zero attached hydrogens (tertiary/aromatic N) is 2. The van der Waals surface area contributed by atoms with Crippen LogP contribution in [0.2, 0.25) is 0 Å². The largest absolute Gasteiger partial charge is 0.384 e. The maximum atomic E-state index is 13.4. The lowest BCUT2D eigenvalue weighted by Crippen LogP contribution is -2.55. The zero-order chi connectivity index (χ0) is 24.0. The van der Waals surface area contributed by atoms with Gasteiger partial charge in [0, 0.05) is 18.0 Å². The SMILES string of the molecule is CC1(NSc2ccc(C(=O)Nc3cccc(C(C)(C)O)n3)c(N3CCC4(CC3)CC4)c2)COC1. The molecule has 2 aromatic rings. The molecular weight excluding hydrogens is 448 g/mol. The molecule has 2 saturated heterocycles. The van der Waals surface area contributed by atoms with E-state index in [0.717, 1.165) is 23.7 Å². The number of rotatable bonds is 7. The van der Waals surface area contributed by atoms with E-state index in [9.17, 15) is 9.90 Å². The fourth-order valence-corrected chi connectivity index (χ4v) is 5.39. The lowest BCUT2D eigenvalue weighted by atomic mass is 9.93. The molecule has 0 atom stereocenters. The van der Waals surface area contributed by atoms with Crippen molar-refractivity contribution < 1.29 is 14.6 Å². The third-order valence-corrected chi connectivity index (χ3v) is 8.29. The summed E-state index contributed by atoms with van der Waals surface area (Å²) in [5.74, 6) is 0.246. The molecule has 1 saturated carbocycles. The minimum Gasteiger partial charge on any atom is -0.384 e. The summed E-state index contributed by atoms with van der Waals surface area (Å²) in [5, 5.41) is 13.2. The smallest absolute Gasteiger partial charge is 0.258 e. The minimum atomic E-state index is -1.08. The number of ether oxygens (including phenoxy) is 1. The van der Waals surface area contributed by atoms with Crippen LogP contribution < -0.4 is 14.9 Å². The lowest BCUT2D eigenvalue weighted by Gasteiger charge is -2.38. The highest BCUT2D eigenvalue weighted by Gasteiger charge is 2.44. The highest BCUT2D eigenvalue weighted by atomic mass is 32.2. The minimum absolute atomic E-state index is 0.0124. The summed E-state index contributed by atoms with van der Waals surface area (Å²) >= 11 is 1.59. The van der Waals surface area contributed by atoms with Crippen molar-refractivity contribution in [3.8, 4) is 0 Å². The number of carbonyl (C=O) groups is 1. The number of benzene rings is 1. The Morgan fingerprint density at radius 1 is 1.15 bits per heavy atom. The van der Waals surface area contributed by atoms with E-state index in [-0.39, 0.29) is 11.4 Å². The fourth-order valence-electron chi connectivity index (χ4n) is 4.61. The van der Waals surface area contributed by atoms with E-state index in [1.165, 1.54) is 25.7 Å².